The molecule has 1 aromatic carbocycles. The Morgan fingerprint density at radius 3 is 2.85 bits per heavy atom. The lowest BCUT2D eigenvalue weighted by molar-refractivity contribution is -0.139. The van der Waals surface area contributed by atoms with Gasteiger partial charge in [0.2, 0.25) is 5.91 Å². The fourth-order valence-electron chi connectivity index (χ4n) is 4.59. The molecule has 0 unspecified atom stereocenters. The number of rotatable bonds is 4. The van der Waals surface area contributed by atoms with Crippen molar-refractivity contribution >= 4 is 11.8 Å². The first-order chi connectivity index (χ1) is 13.0. The maximum Gasteiger partial charge on any atom is 0.254 e. The predicted octanol–water partition coefficient (Wildman–Crippen LogP) is 2.66. The lowest BCUT2D eigenvalue weighted by Gasteiger charge is -2.48. The first-order valence-corrected chi connectivity index (χ1v) is 9.94. The Morgan fingerprint density at radius 1 is 1.30 bits per heavy atom. The minimum Gasteiger partial charge on any atom is -0.504 e. The molecule has 1 aliphatic carbocycles. The first kappa shape index (κ1) is 18.1. The monoisotopic (exact) mass is 372 g/mol. The van der Waals surface area contributed by atoms with Gasteiger partial charge in [-0.25, -0.2) is 0 Å². The van der Waals surface area contributed by atoms with Crippen molar-refractivity contribution in [3.63, 3.8) is 0 Å². The molecule has 3 aliphatic rings. The van der Waals surface area contributed by atoms with Gasteiger partial charge < -0.3 is 19.6 Å². The Labute approximate surface area is 160 Å². The molecule has 1 saturated carbocycles. The number of benzene rings is 1. The molecular formula is C21H28N2O4. The third-order valence-electron chi connectivity index (χ3n) is 6.30. The van der Waals surface area contributed by atoms with Crippen molar-refractivity contribution in [1.29, 1.82) is 0 Å². The number of amides is 2. The van der Waals surface area contributed by atoms with E-state index in [0.717, 1.165) is 38.9 Å². The molecule has 146 valence electrons. The summed E-state index contributed by atoms with van der Waals surface area (Å²) < 4.78 is 5.14. The van der Waals surface area contributed by atoms with Crippen LogP contribution in [0.1, 0.15) is 48.9 Å². The van der Waals surface area contributed by atoms with Crippen LogP contribution in [0.5, 0.6) is 11.5 Å². The molecule has 4 rings (SSSR count). The topological polar surface area (TPSA) is 70.1 Å². The summed E-state index contributed by atoms with van der Waals surface area (Å²) in [5, 5.41) is 9.77. The number of ether oxygens (including phenoxy) is 1. The zero-order valence-electron chi connectivity index (χ0n) is 15.9. The number of hydrogen-bond donors (Lipinski definition) is 1. The van der Waals surface area contributed by atoms with Gasteiger partial charge in [0.05, 0.1) is 7.11 Å². The lowest BCUT2D eigenvalue weighted by Crippen LogP contribution is -2.55. The van der Waals surface area contributed by atoms with E-state index in [0.29, 0.717) is 30.2 Å². The second kappa shape index (κ2) is 7.06. The highest BCUT2D eigenvalue weighted by atomic mass is 16.5. The molecule has 1 N–H and O–H groups in total. The van der Waals surface area contributed by atoms with Gasteiger partial charge in [-0.3, -0.25) is 9.59 Å². The quantitative estimate of drug-likeness (QED) is 0.882. The molecule has 0 aromatic heterocycles. The number of carbonyl (C=O) groups is 2. The Kier molecular flexibility index (Phi) is 4.74. The van der Waals surface area contributed by atoms with Crippen molar-refractivity contribution in [1.82, 2.24) is 9.80 Å². The average Bonchev–Trinajstić information content (AvgIpc) is 3.49. The average molecular weight is 372 g/mol. The molecule has 2 heterocycles. The smallest absolute Gasteiger partial charge is 0.254 e. The second-order valence-electron chi connectivity index (χ2n) is 8.43. The number of piperidine rings is 2. The van der Waals surface area contributed by atoms with Crippen LogP contribution < -0.4 is 4.74 Å². The largest absolute Gasteiger partial charge is 0.504 e. The first-order valence-electron chi connectivity index (χ1n) is 9.94. The molecule has 6 nitrogen and oxygen atoms in total. The van der Waals surface area contributed by atoms with E-state index in [2.05, 4.69) is 4.90 Å². The van der Waals surface area contributed by atoms with Crippen molar-refractivity contribution in [2.24, 2.45) is 11.3 Å². The van der Waals surface area contributed by atoms with Gasteiger partial charge in [0.15, 0.2) is 11.5 Å². The maximum absolute atomic E-state index is 13.0. The zero-order valence-corrected chi connectivity index (χ0v) is 15.9. The molecular weight excluding hydrogens is 344 g/mol. The third-order valence-corrected chi connectivity index (χ3v) is 6.30. The van der Waals surface area contributed by atoms with Crippen molar-refractivity contribution in [2.45, 2.75) is 38.5 Å². The fourth-order valence-corrected chi connectivity index (χ4v) is 4.59. The summed E-state index contributed by atoms with van der Waals surface area (Å²) in [6.07, 6.45) is 5.99. The maximum atomic E-state index is 13.0. The zero-order chi connectivity index (χ0) is 19.0. The molecule has 3 fully saturated rings. The summed E-state index contributed by atoms with van der Waals surface area (Å²) >= 11 is 0. The van der Waals surface area contributed by atoms with Gasteiger partial charge in [0, 0.05) is 43.6 Å². The van der Waals surface area contributed by atoms with Crippen molar-refractivity contribution in [2.75, 3.05) is 33.3 Å². The molecule has 0 bridgehead atoms. The highest BCUT2D eigenvalue weighted by Gasteiger charge is 2.43. The summed E-state index contributed by atoms with van der Waals surface area (Å²) in [7, 11) is 1.48. The molecule has 0 radical (unpaired) electrons. The van der Waals surface area contributed by atoms with Crippen LogP contribution >= 0.6 is 0 Å². The molecule has 2 saturated heterocycles. The van der Waals surface area contributed by atoms with Crippen LogP contribution in [-0.4, -0.2) is 60.0 Å². The number of hydrogen-bond acceptors (Lipinski definition) is 4. The molecule has 1 spiro atoms. The van der Waals surface area contributed by atoms with E-state index in [1.807, 2.05) is 4.90 Å². The van der Waals surface area contributed by atoms with E-state index < -0.39 is 0 Å². The lowest BCUT2D eigenvalue weighted by atomic mass is 9.73. The number of carbonyl (C=O) groups excluding carboxylic acids is 2. The van der Waals surface area contributed by atoms with Gasteiger partial charge in [-0.05, 0) is 56.2 Å². The molecule has 1 atom stereocenters. The molecule has 6 heteroatoms. The highest BCUT2D eigenvalue weighted by Crippen LogP contribution is 2.41. The van der Waals surface area contributed by atoms with E-state index in [4.69, 9.17) is 4.74 Å². The Bertz CT molecular complexity index is 746. The van der Waals surface area contributed by atoms with Gasteiger partial charge in [0.1, 0.15) is 0 Å². The molecule has 27 heavy (non-hydrogen) atoms. The number of phenols is 1. The van der Waals surface area contributed by atoms with Crippen molar-refractivity contribution in [3.8, 4) is 11.5 Å². The van der Waals surface area contributed by atoms with Crippen LogP contribution in [0.2, 0.25) is 0 Å². The van der Waals surface area contributed by atoms with Crippen LogP contribution in [0.25, 0.3) is 0 Å². The molecule has 2 aliphatic heterocycles. The summed E-state index contributed by atoms with van der Waals surface area (Å²) in [6, 6.07) is 4.75. The van der Waals surface area contributed by atoms with Gasteiger partial charge in [-0.15, -0.1) is 0 Å². The third kappa shape index (κ3) is 3.75. The predicted molar refractivity (Wildman–Crippen MR) is 101 cm³/mol. The number of phenolic OH excluding ortho intramolecular Hbond substituents is 1. The summed E-state index contributed by atoms with van der Waals surface area (Å²) in [4.78, 5) is 29.3. The number of nitrogens with zero attached hydrogens (tertiary/aromatic N) is 2. The van der Waals surface area contributed by atoms with Crippen molar-refractivity contribution in [3.05, 3.63) is 23.8 Å². The summed E-state index contributed by atoms with van der Waals surface area (Å²) in [5.41, 5.74) is 0.556. The van der Waals surface area contributed by atoms with Crippen LogP contribution in [0.3, 0.4) is 0 Å². The van der Waals surface area contributed by atoms with Gasteiger partial charge in [-0.2, -0.15) is 0 Å². The van der Waals surface area contributed by atoms with Crippen LogP contribution in [-0.2, 0) is 4.79 Å². The normalized spacial score (nSPS) is 25.7. The van der Waals surface area contributed by atoms with Crippen LogP contribution in [0.4, 0.5) is 0 Å². The second-order valence-corrected chi connectivity index (χ2v) is 8.43. The number of likely N-dealkylation sites (tertiary alicyclic amines) is 2. The Hall–Kier alpha value is -2.24. The van der Waals surface area contributed by atoms with Crippen LogP contribution in [0.15, 0.2) is 18.2 Å². The van der Waals surface area contributed by atoms with Crippen molar-refractivity contribution < 1.29 is 19.4 Å². The standard InChI is InChI=1S/C21H28N2O4/c1-27-18-11-16(5-6-17(18)24)20(26)22-10-2-8-21(13-22)9-7-19(25)23(14-21)12-15-3-4-15/h5-6,11,15,24H,2-4,7-10,12-14H2,1H3/t21-/m1/s1. The molecule has 2 amide bonds. The van der Waals surface area contributed by atoms with Gasteiger partial charge in [0.25, 0.3) is 5.91 Å². The Morgan fingerprint density at radius 2 is 2.11 bits per heavy atom. The van der Waals surface area contributed by atoms with Gasteiger partial charge >= 0.3 is 0 Å². The minimum atomic E-state index is -0.0296. The number of aromatic hydroxyl groups is 1. The van der Waals surface area contributed by atoms with E-state index in [1.165, 1.54) is 26.0 Å². The van der Waals surface area contributed by atoms with E-state index in [9.17, 15) is 14.7 Å². The fraction of sp³-hybridized carbons (Fsp3) is 0.619. The van der Waals surface area contributed by atoms with E-state index in [1.54, 1.807) is 12.1 Å². The summed E-state index contributed by atoms with van der Waals surface area (Å²) in [6.45, 7) is 3.11. The summed E-state index contributed by atoms with van der Waals surface area (Å²) in [5.74, 6) is 1.28. The Balaban J connectivity index is 1.48. The number of methoxy groups -OCH3 is 1. The van der Waals surface area contributed by atoms with E-state index in [-0.39, 0.29) is 23.0 Å². The van der Waals surface area contributed by atoms with Gasteiger partial charge in [-0.1, -0.05) is 0 Å². The van der Waals surface area contributed by atoms with E-state index >= 15 is 0 Å². The molecule has 1 aromatic rings. The SMILES string of the molecule is COc1cc(C(=O)N2CCC[C@@]3(CCC(=O)N(CC4CC4)C3)C2)ccc1O. The minimum absolute atomic E-state index is 0.0255. The van der Waals surface area contributed by atoms with Crippen LogP contribution in [0, 0.1) is 11.3 Å². The highest BCUT2D eigenvalue weighted by molar-refractivity contribution is 5.95.